The number of hydrogen-bond acceptors (Lipinski definition) is 14. The van der Waals surface area contributed by atoms with Crippen molar-refractivity contribution in [3.8, 4) is 0 Å². The number of piperazine rings is 3. The molecule has 3 fully saturated rings. The van der Waals surface area contributed by atoms with Gasteiger partial charge in [0.05, 0.1) is 44.0 Å². The van der Waals surface area contributed by atoms with E-state index in [9.17, 15) is 27.6 Å². The molecule has 7 rings (SSSR count). The highest BCUT2D eigenvalue weighted by atomic mass is 36.0. The lowest BCUT2D eigenvalue weighted by Crippen LogP contribution is -2.51. The highest BCUT2D eigenvalue weighted by Crippen LogP contribution is 2.20. The van der Waals surface area contributed by atoms with Crippen LogP contribution in [0.25, 0.3) is 0 Å². The van der Waals surface area contributed by atoms with Gasteiger partial charge in [0.1, 0.15) is 40.8 Å². The first-order valence-corrected chi connectivity index (χ1v) is 24.8. The quantitative estimate of drug-likeness (QED) is 0.137. The number of amides is 3. The number of rotatable bonds is 6. The molecule has 0 saturated carbocycles. The predicted molar refractivity (Wildman–Crippen MR) is 265 cm³/mol. The lowest BCUT2D eigenvalue weighted by molar-refractivity contribution is -0.187. The van der Waals surface area contributed by atoms with E-state index in [2.05, 4.69) is 31.6 Å². The summed E-state index contributed by atoms with van der Waals surface area (Å²) in [6.45, 7) is 20.0. The van der Waals surface area contributed by atoms with Crippen LogP contribution in [0.5, 0.6) is 0 Å². The van der Waals surface area contributed by atoms with Crippen LogP contribution in [0.4, 0.5) is 22.8 Å². The van der Waals surface area contributed by atoms with E-state index in [4.69, 9.17) is 48.1 Å². The van der Waals surface area contributed by atoms with Gasteiger partial charge in [0.25, 0.3) is 0 Å². The van der Waals surface area contributed by atoms with Gasteiger partial charge in [-0.1, -0.05) is 14.9 Å². The van der Waals surface area contributed by atoms with Gasteiger partial charge in [-0.25, -0.2) is 13.8 Å². The average Bonchev–Trinajstić information content (AvgIpc) is 4.14. The normalized spacial score (nSPS) is 15.2. The monoisotopic (exact) mass is 1080 g/mol. The number of nitrogens with one attached hydrogen (secondary N) is 1. The fraction of sp³-hybridized carbons (Fsp3) is 0.587. The average molecular weight is 1080 g/mol. The predicted octanol–water partition coefficient (Wildman–Crippen LogP) is 9.75. The summed E-state index contributed by atoms with van der Waals surface area (Å²) >= 11 is 5.37. The molecule has 400 valence electrons. The van der Waals surface area contributed by atoms with Gasteiger partial charge in [0.2, 0.25) is 9.23 Å². The Morgan fingerprint density at radius 1 is 0.614 bits per heavy atom. The van der Waals surface area contributed by atoms with Crippen molar-refractivity contribution in [2.75, 3.05) is 78.5 Å². The lowest BCUT2D eigenvalue weighted by Gasteiger charge is -2.35. The fourth-order valence-electron chi connectivity index (χ4n) is 5.91. The number of alkyl halides is 4. The first-order chi connectivity index (χ1) is 32.0. The van der Waals surface area contributed by atoms with E-state index in [1.54, 1.807) is 46.8 Å². The first-order valence-electron chi connectivity index (χ1n) is 21.5. The van der Waals surface area contributed by atoms with Gasteiger partial charge >= 0.3 is 24.3 Å². The van der Waals surface area contributed by atoms with Crippen LogP contribution in [0.2, 0.25) is 0 Å². The van der Waals surface area contributed by atoms with Crippen molar-refractivity contribution in [3.05, 3.63) is 96.6 Å². The number of hydrogen-bond donors (Lipinski definition) is 2. The van der Waals surface area contributed by atoms with Crippen LogP contribution >= 0.6 is 33.0 Å². The number of ether oxygens (including phenoxy) is 2. The second kappa shape index (κ2) is 34.2. The minimum absolute atomic E-state index is 0. The summed E-state index contributed by atoms with van der Waals surface area (Å²) < 4.78 is 76.4. The van der Waals surface area contributed by atoms with Crippen molar-refractivity contribution < 1.29 is 64.0 Å². The second-order valence-electron chi connectivity index (χ2n) is 16.8. The van der Waals surface area contributed by atoms with Gasteiger partial charge < -0.3 is 52.3 Å². The molecule has 0 bridgehead atoms. The zero-order valence-corrected chi connectivity index (χ0v) is 42.3. The third-order valence-electron chi connectivity index (χ3n) is 9.06. The Kier molecular flexibility index (Phi) is 32.1. The van der Waals surface area contributed by atoms with Gasteiger partial charge in [-0.15, -0.1) is 11.6 Å². The number of nitrogens with zero attached hydrogens (tertiary/aromatic N) is 5. The standard InChI is InChI=1S/C14H22N2O3.C11H13F3N2O2.C9H18N2O2.C5H5ClO.C5H6O2.2CH4.Cl2OS/c1-14(2,3)19-13(17)16-8-6-15(7-9-16)11-12-5-4-10-18-12;12-11(13,14)10(17)16-5-3-15(4-6-16)8-9-2-1-7-18-9;1-9(2,3)13-8(12)11-6-4-10-5-7-11;2*6-4-5-2-1-3-7-5;;;1-4(2)3/h4-5,10H,6-9,11H2,1-3H3;1-2,7H,3-6,8H2;10H,4-7H2,1-3H3;1-3H,4H2;1-3,6H,4H2;2*1H4;. The van der Waals surface area contributed by atoms with E-state index >= 15 is 0 Å². The Morgan fingerprint density at radius 2 is 0.943 bits per heavy atom. The van der Waals surface area contributed by atoms with E-state index in [1.165, 1.54) is 6.26 Å². The van der Waals surface area contributed by atoms with Crippen LogP contribution in [0.1, 0.15) is 79.4 Å². The third kappa shape index (κ3) is 29.8. The number of furan rings is 4. The number of aliphatic hydroxyl groups excluding tert-OH is 1. The smallest absolute Gasteiger partial charge is 0.468 e. The van der Waals surface area contributed by atoms with Crippen molar-refractivity contribution in [2.24, 2.45) is 0 Å². The third-order valence-corrected chi connectivity index (χ3v) is 9.32. The molecule has 0 radical (unpaired) electrons. The van der Waals surface area contributed by atoms with Crippen molar-refractivity contribution in [3.63, 3.8) is 0 Å². The molecule has 0 aromatic carbocycles. The summed E-state index contributed by atoms with van der Waals surface area (Å²) in [7, 11) is 7.36. The maximum Gasteiger partial charge on any atom is 0.471 e. The van der Waals surface area contributed by atoms with Gasteiger partial charge in [-0.05, 0) is 90.1 Å². The molecule has 0 unspecified atom stereocenters. The summed E-state index contributed by atoms with van der Waals surface area (Å²) in [5.41, 5.74) is -0.815. The van der Waals surface area contributed by atoms with E-state index in [1.807, 2.05) is 76.8 Å². The summed E-state index contributed by atoms with van der Waals surface area (Å²) in [6, 6.07) is 14.6. The Morgan fingerprint density at radius 3 is 1.21 bits per heavy atom. The maximum absolute atomic E-state index is 12.2. The summed E-state index contributed by atoms with van der Waals surface area (Å²) in [5, 5.41) is 11.5. The molecule has 4 aromatic rings. The van der Waals surface area contributed by atoms with Gasteiger partial charge in [0, 0.05) is 99.9 Å². The highest BCUT2D eigenvalue weighted by molar-refractivity contribution is 8.26. The van der Waals surface area contributed by atoms with Gasteiger partial charge in [-0.3, -0.25) is 14.6 Å². The van der Waals surface area contributed by atoms with E-state index < -0.39 is 26.9 Å². The van der Waals surface area contributed by atoms with Crippen molar-refractivity contribution >= 4 is 60.3 Å². The summed E-state index contributed by atoms with van der Waals surface area (Å²) in [5.74, 6) is 1.88. The molecule has 70 heavy (non-hydrogen) atoms. The molecule has 0 aliphatic carbocycles. The van der Waals surface area contributed by atoms with Crippen molar-refractivity contribution in [1.82, 2.24) is 29.8 Å². The number of carbonyl (C=O) groups is 3. The Balaban J connectivity index is 0.000000865. The van der Waals surface area contributed by atoms with E-state index in [0.29, 0.717) is 44.4 Å². The van der Waals surface area contributed by atoms with Crippen LogP contribution in [0.15, 0.2) is 91.3 Å². The van der Waals surface area contributed by atoms with Gasteiger partial charge in [0.15, 0.2) is 0 Å². The number of carbonyl (C=O) groups excluding carboxylic acids is 3. The Labute approximate surface area is 426 Å². The minimum atomic E-state index is -4.77. The van der Waals surface area contributed by atoms with E-state index in [0.717, 1.165) is 68.0 Å². The summed E-state index contributed by atoms with van der Waals surface area (Å²) in [6.07, 6.45) is 1.19. The van der Waals surface area contributed by atoms with Crippen LogP contribution < -0.4 is 5.32 Å². The van der Waals surface area contributed by atoms with E-state index in [-0.39, 0.29) is 52.3 Å². The molecule has 0 spiro atoms. The van der Waals surface area contributed by atoms with Crippen molar-refractivity contribution in [1.29, 1.82) is 0 Å². The molecular formula is C46H72Cl3F3N6O11S. The minimum Gasteiger partial charge on any atom is -0.468 e. The SMILES string of the molecule is C.C.CC(C)(C)OC(=O)N1CCN(Cc2ccco2)CC1.CC(C)(C)OC(=O)N1CCNCC1.ClCc1ccco1.O=C(N1CCN(Cc2ccco2)CC1)C(F)(F)F.O=S(Cl)Cl.OCc1ccco1. The molecule has 3 saturated heterocycles. The van der Waals surface area contributed by atoms with Crippen LogP contribution in [0, 0.1) is 0 Å². The highest BCUT2D eigenvalue weighted by Gasteiger charge is 2.43. The lowest BCUT2D eigenvalue weighted by atomic mass is 10.2. The largest absolute Gasteiger partial charge is 0.471 e. The Bertz CT molecular complexity index is 1910. The van der Waals surface area contributed by atoms with Gasteiger partial charge in [-0.2, -0.15) is 13.2 Å². The zero-order chi connectivity index (χ0) is 50.8. The molecule has 7 heterocycles. The molecule has 24 heteroatoms. The molecule has 0 atom stereocenters. The number of halogens is 6. The van der Waals surface area contributed by atoms with Crippen molar-refractivity contribution in [2.45, 2.75) is 99.4 Å². The first kappa shape index (κ1) is 65.8. The van der Waals surface area contributed by atoms with Crippen LogP contribution in [-0.4, -0.2) is 148 Å². The second-order valence-corrected chi connectivity index (χ2v) is 19.6. The molecule has 3 aliphatic heterocycles. The molecular weight excluding hydrogens is 1010 g/mol. The maximum atomic E-state index is 12.2. The molecule has 4 aromatic heterocycles. The molecule has 3 aliphatic rings. The molecule has 3 amide bonds. The molecule has 17 nitrogen and oxygen atoms in total. The Hall–Kier alpha value is -4.22. The zero-order valence-electron chi connectivity index (χ0n) is 39.2. The molecule has 2 N–H and O–H groups in total. The summed E-state index contributed by atoms with van der Waals surface area (Å²) in [4.78, 5) is 43.0. The van der Waals surface area contributed by atoms with Crippen LogP contribution in [-0.2, 0) is 49.1 Å². The number of aliphatic hydroxyl groups is 1. The van der Waals surface area contributed by atoms with Crippen LogP contribution in [0.3, 0.4) is 0 Å². The fourth-order valence-corrected chi connectivity index (χ4v) is 6.07. The topological polar surface area (TPSA) is 188 Å².